The Kier molecular flexibility index (Phi) is 7.57. The van der Waals surface area contributed by atoms with Crippen molar-refractivity contribution in [3.05, 3.63) is 138 Å². The van der Waals surface area contributed by atoms with Crippen LogP contribution in [-0.4, -0.2) is 18.0 Å². The molecule has 176 valence electrons. The van der Waals surface area contributed by atoms with Crippen molar-refractivity contribution < 1.29 is 9.47 Å². The second-order valence-corrected chi connectivity index (χ2v) is 8.92. The first-order valence-electron chi connectivity index (χ1n) is 12.3. The lowest BCUT2D eigenvalue weighted by Gasteiger charge is -2.28. The maximum Gasteiger partial charge on any atom is 0.162 e. The molecule has 0 atom stereocenters. The van der Waals surface area contributed by atoms with E-state index in [4.69, 9.17) is 9.47 Å². The molecule has 0 aromatic heterocycles. The number of hydrogen-bond acceptors (Lipinski definition) is 3. The van der Waals surface area contributed by atoms with Gasteiger partial charge in [0.1, 0.15) is 13.2 Å². The lowest BCUT2D eigenvalue weighted by molar-refractivity contribution is 0.256. The average molecular weight is 462 g/mol. The molecule has 4 aromatic rings. The Morgan fingerprint density at radius 3 is 1.80 bits per heavy atom. The van der Waals surface area contributed by atoms with E-state index in [9.17, 15) is 0 Å². The lowest BCUT2D eigenvalue weighted by atomic mass is 10.00. The number of benzene rings is 4. The molecule has 0 N–H and O–H groups in total. The van der Waals surface area contributed by atoms with Crippen LogP contribution in [0.2, 0.25) is 0 Å². The highest BCUT2D eigenvalue weighted by atomic mass is 16.5. The minimum atomic E-state index is 0.505. The van der Waals surface area contributed by atoms with Crippen molar-refractivity contribution in [3.63, 3.8) is 0 Å². The highest BCUT2D eigenvalue weighted by molar-refractivity contribution is 5.70. The van der Waals surface area contributed by atoms with Crippen LogP contribution in [0, 0.1) is 0 Å². The van der Waals surface area contributed by atoms with Crippen molar-refractivity contribution in [1.29, 1.82) is 0 Å². The van der Waals surface area contributed by atoms with Crippen LogP contribution in [0.1, 0.15) is 28.7 Å². The molecule has 5 rings (SSSR count). The smallest absolute Gasteiger partial charge is 0.162 e. The predicted octanol–water partition coefficient (Wildman–Crippen LogP) is 7.13. The molecule has 3 heteroatoms. The highest BCUT2D eigenvalue weighted by Gasteiger charge is 2.16. The Morgan fingerprint density at radius 2 is 1.17 bits per heavy atom. The van der Waals surface area contributed by atoms with E-state index in [0.717, 1.165) is 48.7 Å². The van der Waals surface area contributed by atoms with Crippen LogP contribution in [-0.2, 0) is 19.8 Å². The third-order valence-corrected chi connectivity index (χ3v) is 6.27. The van der Waals surface area contributed by atoms with E-state index in [1.54, 1.807) is 0 Å². The molecule has 0 spiro atoms. The van der Waals surface area contributed by atoms with Gasteiger partial charge in [-0.2, -0.15) is 0 Å². The largest absolute Gasteiger partial charge is 0.485 e. The van der Waals surface area contributed by atoms with Gasteiger partial charge in [-0.3, -0.25) is 4.90 Å². The number of rotatable bonds is 9. The minimum Gasteiger partial charge on any atom is -0.485 e. The molecule has 0 saturated heterocycles. The summed E-state index contributed by atoms with van der Waals surface area (Å²) in [6, 6.07) is 37.6. The first kappa shape index (κ1) is 22.9. The number of hydrogen-bond donors (Lipinski definition) is 0. The van der Waals surface area contributed by atoms with Gasteiger partial charge in [-0.1, -0.05) is 103 Å². The van der Waals surface area contributed by atoms with Gasteiger partial charge in [-0.15, -0.1) is 0 Å². The standard InChI is InChI=1S/C32H31NO2/c1-4-11-26(12-5-1)22-33-20-10-17-30(23-33)29-18-19-31(34-24-27-13-6-2-7-14-27)32(21-29)35-25-28-15-8-3-9-16-28/h1-9,11-19,21H,10,20,22-25H2. The zero-order chi connectivity index (χ0) is 23.7. The summed E-state index contributed by atoms with van der Waals surface area (Å²) < 4.78 is 12.5. The molecule has 1 heterocycles. The van der Waals surface area contributed by atoms with Crippen LogP contribution in [0.3, 0.4) is 0 Å². The Balaban J connectivity index is 1.33. The molecule has 0 unspecified atom stereocenters. The van der Waals surface area contributed by atoms with E-state index in [1.165, 1.54) is 16.7 Å². The van der Waals surface area contributed by atoms with E-state index in [2.05, 4.69) is 83.8 Å². The molecular formula is C32H31NO2. The molecule has 4 aromatic carbocycles. The molecule has 0 fully saturated rings. The molecular weight excluding hydrogens is 430 g/mol. The monoisotopic (exact) mass is 461 g/mol. The Labute approximate surface area is 208 Å². The van der Waals surface area contributed by atoms with Crippen LogP contribution in [0.4, 0.5) is 0 Å². The summed E-state index contributed by atoms with van der Waals surface area (Å²) in [4.78, 5) is 2.51. The molecule has 1 aliphatic rings. The van der Waals surface area contributed by atoms with E-state index >= 15 is 0 Å². The second-order valence-electron chi connectivity index (χ2n) is 8.92. The van der Waals surface area contributed by atoms with Gasteiger partial charge in [0.05, 0.1) is 0 Å². The third kappa shape index (κ3) is 6.40. The van der Waals surface area contributed by atoms with E-state index in [0.29, 0.717) is 13.2 Å². The number of ether oxygens (including phenoxy) is 2. The molecule has 0 saturated carbocycles. The zero-order valence-electron chi connectivity index (χ0n) is 20.0. The lowest BCUT2D eigenvalue weighted by Crippen LogP contribution is -2.29. The first-order chi connectivity index (χ1) is 17.3. The fourth-order valence-electron chi connectivity index (χ4n) is 4.40. The summed E-state index contributed by atoms with van der Waals surface area (Å²) in [7, 11) is 0. The normalized spacial score (nSPS) is 13.8. The SMILES string of the molecule is C1=C(c2ccc(OCc3ccccc3)c(OCc3ccccc3)c2)CN(Cc2ccccc2)CC1. The quantitative estimate of drug-likeness (QED) is 0.265. The molecule has 0 amide bonds. The van der Waals surface area contributed by atoms with Crippen LogP contribution >= 0.6 is 0 Å². The summed E-state index contributed by atoms with van der Waals surface area (Å²) in [5, 5.41) is 0. The van der Waals surface area contributed by atoms with Gasteiger partial charge in [-0.25, -0.2) is 0 Å². The summed E-state index contributed by atoms with van der Waals surface area (Å²) in [6.45, 7) is 3.99. The van der Waals surface area contributed by atoms with E-state index in [1.807, 2.05) is 36.4 Å². The summed E-state index contributed by atoms with van der Waals surface area (Å²) in [5.74, 6) is 1.55. The van der Waals surface area contributed by atoms with Crippen molar-refractivity contribution in [2.75, 3.05) is 13.1 Å². The summed E-state index contributed by atoms with van der Waals surface area (Å²) in [6.07, 6.45) is 3.41. The van der Waals surface area contributed by atoms with Crippen molar-refractivity contribution >= 4 is 5.57 Å². The maximum atomic E-state index is 6.30. The Hall–Kier alpha value is -3.82. The average Bonchev–Trinajstić information content (AvgIpc) is 2.93. The molecule has 35 heavy (non-hydrogen) atoms. The van der Waals surface area contributed by atoms with Crippen molar-refractivity contribution in [3.8, 4) is 11.5 Å². The van der Waals surface area contributed by atoms with Gasteiger partial charge < -0.3 is 9.47 Å². The van der Waals surface area contributed by atoms with Crippen LogP contribution in [0.15, 0.2) is 115 Å². The second kappa shape index (κ2) is 11.5. The molecule has 3 nitrogen and oxygen atoms in total. The van der Waals surface area contributed by atoms with E-state index < -0.39 is 0 Å². The Bertz CT molecular complexity index is 1240. The highest BCUT2D eigenvalue weighted by Crippen LogP contribution is 2.33. The molecule has 1 aliphatic heterocycles. The molecule has 0 radical (unpaired) electrons. The van der Waals surface area contributed by atoms with Crippen LogP contribution in [0.25, 0.3) is 5.57 Å². The fraction of sp³-hybridized carbons (Fsp3) is 0.188. The summed E-state index contributed by atoms with van der Waals surface area (Å²) in [5.41, 5.74) is 6.16. The van der Waals surface area contributed by atoms with Gasteiger partial charge in [0.25, 0.3) is 0 Å². The van der Waals surface area contributed by atoms with Gasteiger partial charge >= 0.3 is 0 Å². The van der Waals surface area contributed by atoms with Gasteiger partial charge in [-0.05, 0) is 46.4 Å². The minimum absolute atomic E-state index is 0.505. The van der Waals surface area contributed by atoms with Gasteiger partial charge in [0.2, 0.25) is 0 Å². The molecule has 0 aliphatic carbocycles. The van der Waals surface area contributed by atoms with Crippen molar-refractivity contribution in [2.24, 2.45) is 0 Å². The zero-order valence-corrected chi connectivity index (χ0v) is 20.0. The third-order valence-electron chi connectivity index (χ3n) is 6.27. The Morgan fingerprint density at radius 1 is 0.600 bits per heavy atom. The maximum absolute atomic E-state index is 6.30. The van der Waals surface area contributed by atoms with Gasteiger partial charge in [0.15, 0.2) is 11.5 Å². The van der Waals surface area contributed by atoms with Gasteiger partial charge in [0, 0.05) is 19.6 Å². The van der Waals surface area contributed by atoms with E-state index in [-0.39, 0.29) is 0 Å². The van der Waals surface area contributed by atoms with Crippen LogP contribution < -0.4 is 9.47 Å². The van der Waals surface area contributed by atoms with Crippen LogP contribution in [0.5, 0.6) is 11.5 Å². The molecule has 0 bridgehead atoms. The fourth-order valence-corrected chi connectivity index (χ4v) is 4.40. The van der Waals surface area contributed by atoms with Crippen molar-refractivity contribution in [2.45, 2.75) is 26.2 Å². The van der Waals surface area contributed by atoms with Crippen molar-refractivity contribution in [1.82, 2.24) is 4.90 Å². The number of nitrogens with zero attached hydrogens (tertiary/aromatic N) is 1. The summed E-state index contributed by atoms with van der Waals surface area (Å²) >= 11 is 0. The topological polar surface area (TPSA) is 21.7 Å². The predicted molar refractivity (Wildman–Crippen MR) is 142 cm³/mol. The first-order valence-corrected chi connectivity index (χ1v) is 12.3.